The first-order valence-electron chi connectivity index (χ1n) is 7.68. The van der Waals surface area contributed by atoms with Crippen LogP contribution in [0.5, 0.6) is 0 Å². The maximum absolute atomic E-state index is 12.6. The lowest BCUT2D eigenvalue weighted by Crippen LogP contribution is -2.36. The predicted molar refractivity (Wildman–Crippen MR) is 97.3 cm³/mol. The summed E-state index contributed by atoms with van der Waals surface area (Å²) in [6.45, 7) is 3.23. The van der Waals surface area contributed by atoms with E-state index in [0.717, 1.165) is 16.7 Å². The Morgan fingerprint density at radius 2 is 1.75 bits per heavy atom. The van der Waals surface area contributed by atoms with Crippen molar-refractivity contribution in [2.45, 2.75) is 24.3 Å². The Kier molecular flexibility index (Phi) is 5.77. The van der Waals surface area contributed by atoms with Gasteiger partial charge < -0.3 is 17.2 Å². The minimum absolute atomic E-state index is 0.0205. The molecule has 0 aliphatic heterocycles. The third-order valence-corrected chi connectivity index (χ3v) is 5.86. The lowest BCUT2D eigenvalue weighted by molar-refractivity contribution is 0.554. The van der Waals surface area contributed by atoms with Crippen molar-refractivity contribution in [2.24, 2.45) is 17.2 Å². The highest BCUT2D eigenvalue weighted by molar-refractivity contribution is 7.90. The van der Waals surface area contributed by atoms with Gasteiger partial charge in [-0.2, -0.15) is 0 Å². The average Bonchev–Trinajstić information content (AvgIpc) is 2.55. The van der Waals surface area contributed by atoms with Gasteiger partial charge in [-0.25, -0.2) is 8.42 Å². The minimum Gasteiger partial charge on any atom is -0.326 e. The number of hydrogen-bond acceptors (Lipinski definition) is 5. The Bertz CT molecular complexity index is 776. The molecule has 6 N–H and O–H groups in total. The van der Waals surface area contributed by atoms with Crippen LogP contribution in [-0.4, -0.2) is 14.2 Å². The van der Waals surface area contributed by atoms with Gasteiger partial charge in [0, 0.05) is 12.0 Å². The summed E-state index contributed by atoms with van der Waals surface area (Å²) in [6.07, 6.45) is -0.618. The van der Waals surface area contributed by atoms with Crippen LogP contribution in [0.1, 0.15) is 29.8 Å². The highest BCUT2D eigenvalue weighted by Gasteiger charge is 2.32. The van der Waals surface area contributed by atoms with Crippen molar-refractivity contribution in [1.29, 1.82) is 0 Å². The SMILES string of the molecule is CC([CH]N)(CS(=O)(=O)Cc1ccccc1)c1cccc(C(N)N)c1. The molecule has 0 saturated heterocycles. The van der Waals surface area contributed by atoms with Gasteiger partial charge >= 0.3 is 0 Å². The molecule has 1 unspecified atom stereocenters. The number of hydrogen-bond donors (Lipinski definition) is 3. The van der Waals surface area contributed by atoms with Crippen LogP contribution in [0.15, 0.2) is 54.6 Å². The molecule has 0 aromatic heterocycles. The van der Waals surface area contributed by atoms with Gasteiger partial charge in [-0.1, -0.05) is 61.5 Å². The second kappa shape index (κ2) is 7.44. The standard InChI is InChI=1S/C18H24N3O2S/c1-18(12-19,16-9-5-8-15(10-16)17(20)21)13-24(22,23)11-14-6-3-2-4-7-14/h2-10,12,17H,11,13,19-21H2,1H3. The van der Waals surface area contributed by atoms with E-state index < -0.39 is 21.4 Å². The van der Waals surface area contributed by atoms with E-state index in [1.807, 2.05) is 42.5 Å². The van der Waals surface area contributed by atoms with Gasteiger partial charge in [0.15, 0.2) is 9.84 Å². The molecule has 6 heteroatoms. The van der Waals surface area contributed by atoms with Gasteiger partial charge in [-0.15, -0.1) is 0 Å². The van der Waals surface area contributed by atoms with Crippen LogP contribution in [0.2, 0.25) is 0 Å². The van der Waals surface area contributed by atoms with Gasteiger partial charge in [0.05, 0.1) is 17.7 Å². The molecule has 0 saturated carbocycles. The Morgan fingerprint density at radius 1 is 1.08 bits per heavy atom. The topological polar surface area (TPSA) is 112 Å². The van der Waals surface area contributed by atoms with E-state index >= 15 is 0 Å². The summed E-state index contributed by atoms with van der Waals surface area (Å²) in [4.78, 5) is 0. The summed E-state index contributed by atoms with van der Waals surface area (Å²) in [6, 6.07) is 16.4. The molecule has 1 radical (unpaired) electrons. The fraction of sp³-hybridized carbons (Fsp3) is 0.278. The summed E-state index contributed by atoms with van der Waals surface area (Å²) < 4.78 is 25.3. The number of sulfone groups is 1. The zero-order chi connectivity index (χ0) is 17.8. The normalized spacial score (nSPS) is 14.5. The Balaban J connectivity index is 2.28. The fourth-order valence-corrected chi connectivity index (χ4v) is 4.64. The van der Waals surface area contributed by atoms with Gasteiger partial charge in [0.25, 0.3) is 0 Å². The molecule has 0 spiro atoms. The number of nitrogens with two attached hydrogens (primary N) is 3. The molecule has 2 rings (SSSR count). The first-order valence-corrected chi connectivity index (χ1v) is 9.50. The van der Waals surface area contributed by atoms with Crippen LogP contribution in [-0.2, 0) is 21.0 Å². The first kappa shape index (κ1) is 18.6. The van der Waals surface area contributed by atoms with E-state index in [0.29, 0.717) is 0 Å². The third kappa shape index (κ3) is 4.64. The molecule has 2 aromatic carbocycles. The number of rotatable bonds is 7. The molecule has 2 aromatic rings. The first-order chi connectivity index (χ1) is 11.3. The van der Waals surface area contributed by atoms with Crippen molar-refractivity contribution in [3.8, 4) is 0 Å². The summed E-state index contributed by atoms with van der Waals surface area (Å²) in [5.41, 5.74) is 18.7. The fourth-order valence-electron chi connectivity index (χ4n) is 2.66. The van der Waals surface area contributed by atoms with Crippen molar-refractivity contribution < 1.29 is 8.42 Å². The molecule has 24 heavy (non-hydrogen) atoms. The van der Waals surface area contributed by atoms with Crippen molar-refractivity contribution in [1.82, 2.24) is 0 Å². The van der Waals surface area contributed by atoms with Crippen molar-refractivity contribution in [2.75, 3.05) is 5.75 Å². The second-order valence-electron chi connectivity index (χ2n) is 6.25. The lowest BCUT2D eigenvalue weighted by atomic mass is 9.83. The van der Waals surface area contributed by atoms with E-state index in [9.17, 15) is 8.42 Å². The van der Waals surface area contributed by atoms with Gasteiger partial charge in [0.2, 0.25) is 0 Å². The zero-order valence-corrected chi connectivity index (χ0v) is 14.5. The van der Waals surface area contributed by atoms with Gasteiger partial charge in [-0.3, -0.25) is 0 Å². The van der Waals surface area contributed by atoms with E-state index in [1.165, 1.54) is 6.54 Å². The summed E-state index contributed by atoms with van der Waals surface area (Å²) in [5, 5.41) is 0. The smallest absolute Gasteiger partial charge is 0.155 e. The van der Waals surface area contributed by atoms with Crippen molar-refractivity contribution in [3.63, 3.8) is 0 Å². The monoisotopic (exact) mass is 346 g/mol. The average molecular weight is 346 g/mol. The molecule has 1 atom stereocenters. The second-order valence-corrected chi connectivity index (χ2v) is 8.32. The Morgan fingerprint density at radius 3 is 2.33 bits per heavy atom. The Hall–Kier alpha value is -1.73. The quantitative estimate of drug-likeness (QED) is 0.659. The van der Waals surface area contributed by atoms with Crippen LogP contribution in [0.4, 0.5) is 0 Å². The highest BCUT2D eigenvalue weighted by atomic mass is 32.2. The molecule has 0 heterocycles. The predicted octanol–water partition coefficient (Wildman–Crippen LogP) is 1.60. The van der Waals surface area contributed by atoms with E-state index in [-0.39, 0.29) is 11.5 Å². The largest absolute Gasteiger partial charge is 0.326 e. The molecule has 0 fully saturated rings. The molecule has 5 nitrogen and oxygen atoms in total. The summed E-state index contributed by atoms with van der Waals surface area (Å²) in [5.74, 6) is -0.109. The van der Waals surface area contributed by atoms with E-state index in [1.54, 1.807) is 19.1 Å². The maximum Gasteiger partial charge on any atom is 0.155 e. The van der Waals surface area contributed by atoms with Gasteiger partial charge in [0.1, 0.15) is 0 Å². The molecule has 0 amide bonds. The molecule has 129 valence electrons. The summed E-state index contributed by atoms with van der Waals surface area (Å²) >= 11 is 0. The van der Waals surface area contributed by atoms with Gasteiger partial charge in [-0.05, 0) is 16.7 Å². The molecule has 0 aliphatic rings. The maximum atomic E-state index is 12.6. The lowest BCUT2D eigenvalue weighted by Gasteiger charge is -2.28. The van der Waals surface area contributed by atoms with E-state index in [4.69, 9.17) is 17.2 Å². The van der Waals surface area contributed by atoms with Crippen LogP contribution in [0, 0.1) is 6.54 Å². The van der Waals surface area contributed by atoms with E-state index in [2.05, 4.69) is 0 Å². The van der Waals surface area contributed by atoms with Crippen LogP contribution >= 0.6 is 0 Å². The highest BCUT2D eigenvalue weighted by Crippen LogP contribution is 2.29. The van der Waals surface area contributed by atoms with Crippen LogP contribution in [0.3, 0.4) is 0 Å². The van der Waals surface area contributed by atoms with Crippen molar-refractivity contribution in [3.05, 3.63) is 77.8 Å². The number of benzene rings is 2. The molecular formula is C18H24N3O2S. The van der Waals surface area contributed by atoms with Crippen molar-refractivity contribution >= 4 is 9.84 Å². The van der Waals surface area contributed by atoms with Crippen LogP contribution in [0.25, 0.3) is 0 Å². The zero-order valence-electron chi connectivity index (χ0n) is 13.7. The Labute approximate surface area is 143 Å². The molecule has 0 bridgehead atoms. The molecular weight excluding hydrogens is 322 g/mol. The van der Waals surface area contributed by atoms with Crippen LogP contribution < -0.4 is 17.2 Å². The third-order valence-electron chi connectivity index (χ3n) is 4.05. The summed E-state index contributed by atoms with van der Waals surface area (Å²) in [7, 11) is -3.36. The molecule has 0 aliphatic carbocycles. The minimum atomic E-state index is -3.36.